The number of nitrogens with one attached hydrogen (secondary N) is 1. The van der Waals surface area contributed by atoms with E-state index >= 15 is 0 Å². The highest BCUT2D eigenvalue weighted by atomic mass is 16.5. The van der Waals surface area contributed by atoms with Crippen LogP contribution in [0.2, 0.25) is 0 Å². The Hall–Kier alpha value is -0.120. The van der Waals surface area contributed by atoms with E-state index in [1.165, 1.54) is 45.3 Å². The normalized spacial score (nSPS) is 32.8. The lowest BCUT2D eigenvalue weighted by Crippen LogP contribution is -2.42. The molecule has 3 heteroatoms. The minimum Gasteiger partial charge on any atom is -0.378 e. The smallest absolute Gasteiger partial charge is 0.0587 e. The first-order valence-electron chi connectivity index (χ1n) is 7.31. The Labute approximate surface area is 106 Å². The largest absolute Gasteiger partial charge is 0.378 e. The molecule has 3 nitrogen and oxygen atoms in total. The van der Waals surface area contributed by atoms with Crippen LogP contribution >= 0.6 is 0 Å². The molecule has 1 N–H and O–H groups in total. The van der Waals surface area contributed by atoms with Crippen LogP contribution in [-0.4, -0.2) is 50.3 Å². The lowest BCUT2D eigenvalue weighted by Gasteiger charge is -2.33. The Morgan fingerprint density at radius 2 is 2.00 bits per heavy atom. The van der Waals surface area contributed by atoms with Crippen molar-refractivity contribution in [3.63, 3.8) is 0 Å². The summed E-state index contributed by atoms with van der Waals surface area (Å²) in [4.78, 5) is 2.44. The van der Waals surface area contributed by atoms with Crippen molar-refractivity contribution >= 4 is 0 Å². The van der Waals surface area contributed by atoms with Gasteiger partial charge in [0, 0.05) is 12.6 Å². The summed E-state index contributed by atoms with van der Waals surface area (Å²) in [7, 11) is 2.23. The van der Waals surface area contributed by atoms with Gasteiger partial charge >= 0.3 is 0 Å². The second kappa shape index (κ2) is 6.72. The van der Waals surface area contributed by atoms with Crippen LogP contribution < -0.4 is 5.32 Å². The van der Waals surface area contributed by atoms with Gasteiger partial charge in [-0.3, -0.25) is 0 Å². The van der Waals surface area contributed by atoms with E-state index < -0.39 is 0 Å². The van der Waals surface area contributed by atoms with Crippen LogP contribution in [0.4, 0.5) is 0 Å². The van der Waals surface area contributed by atoms with Gasteiger partial charge in [0.1, 0.15) is 0 Å². The van der Waals surface area contributed by atoms with Crippen LogP contribution in [0.25, 0.3) is 0 Å². The summed E-state index contributed by atoms with van der Waals surface area (Å²) in [6.45, 7) is 6.94. The Bertz CT molecular complexity index is 214. The fraction of sp³-hybridized carbons (Fsp3) is 1.00. The average Bonchev–Trinajstić information content (AvgIpc) is 2.38. The Morgan fingerprint density at radius 3 is 2.71 bits per heavy atom. The molecule has 0 aromatic rings. The monoisotopic (exact) mass is 240 g/mol. The lowest BCUT2D eigenvalue weighted by atomic mass is 9.95. The SMILES string of the molecule is CCC1CC(NCC2CCN(C)CC2)CCO1. The van der Waals surface area contributed by atoms with Crippen molar-refractivity contribution < 1.29 is 4.74 Å². The summed E-state index contributed by atoms with van der Waals surface area (Å²) in [5.41, 5.74) is 0. The van der Waals surface area contributed by atoms with Gasteiger partial charge in [0.2, 0.25) is 0 Å². The summed E-state index contributed by atoms with van der Waals surface area (Å²) < 4.78 is 5.72. The third kappa shape index (κ3) is 4.23. The van der Waals surface area contributed by atoms with Gasteiger partial charge in [-0.25, -0.2) is 0 Å². The van der Waals surface area contributed by atoms with Crippen molar-refractivity contribution in [2.75, 3.05) is 33.3 Å². The predicted molar refractivity (Wildman–Crippen MR) is 71.3 cm³/mol. The zero-order valence-corrected chi connectivity index (χ0v) is 11.5. The van der Waals surface area contributed by atoms with Crippen molar-refractivity contribution in [3.8, 4) is 0 Å². The molecule has 0 aliphatic carbocycles. The summed E-state index contributed by atoms with van der Waals surface area (Å²) in [5, 5.41) is 3.77. The number of piperidine rings is 1. The summed E-state index contributed by atoms with van der Waals surface area (Å²) in [6.07, 6.45) is 6.80. The second-order valence-corrected chi connectivity index (χ2v) is 5.78. The van der Waals surface area contributed by atoms with E-state index in [2.05, 4.69) is 24.2 Å². The molecule has 0 radical (unpaired) electrons. The number of rotatable bonds is 4. The molecule has 0 bridgehead atoms. The maximum atomic E-state index is 5.72. The summed E-state index contributed by atoms with van der Waals surface area (Å²) in [6, 6.07) is 0.702. The van der Waals surface area contributed by atoms with Crippen molar-refractivity contribution in [2.24, 2.45) is 5.92 Å². The first-order valence-corrected chi connectivity index (χ1v) is 7.31. The Kier molecular flexibility index (Phi) is 5.26. The summed E-state index contributed by atoms with van der Waals surface area (Å²) in [5.74, 6) is 0.897. The van der Waals surface area contributed by atoms with Crippen molar-refractivity contribution in [1.82, 2.24) is 10.2 Å². The predicted octanol–water partition coefficient (Wildman–Crippen LogP) is 1.88. The molecule has 2 rings (SSSR count). The molecule has 2 aliphatic rings. The Balaban J connectivity index is 1.64. The number of likely N-dealkylation sites (tertiary alicyclic amines) is 1. The van der Waals surface area contributed by atoms with Crippen molar-refractivity contribution in [3.05, 3.63) is 0 Å². The van der Waals surface area contributed by atoms with E-state index in [4.69, 9.17) is 4.74 Å². The summed E-state index contributed by atoms with van der Waals surface area (Å²) >= 11 is 0. The van der Waals surface area contributed by atoms with E-state index in [-0.39, 0.29) is 0 Å². The molecule has 2 unspecified atom stereocenters. The highest BCUT2D eigenvalue weighted by Gasteiger charge is 2.22. The Morgan fingerprint density at radius 1 is 1.24 bits per heavy atom. The zero-order valence-electron chi connectivity index (χ0n) is 11.5. The molecule has 2 atom stereocenters. The number of ether oxygens (including phenoxy) is 1. The molecule has 2 heterocycles. The van der Waals surface area contributed by atoms with Crippen LogP contribution in [0, 0.1) is 5.92 Å². The van der Waals surface area contributed by atoms with Crippen LogP contribution in [0.3, 0.4) is 0 Å². The van der Waals surface area contributed by atoms with Crippen LogP contribution in [0.5, 0.6) is 0 Å². The van der Waals surface area contributed by atoms with Crippen LogP contribution in [0.15, 0.2) is 0 Å². The first kappa shape index (κ1) is 13.3. The van der Waals surface area contributed by atoms with E-state index in [9.17, 15) is 0 Å². The van der Waals surface area contributed by atoms with Gasteiger partial charge in [0.05, 0.1) is 6.10 Å². The van der Waals surface area contributed by atoms with E-state index in [1.54, 1.807) is 0 Å². The number of hydrogen-bond acceptors (Lipinski definition) is 3. The van der Waals surface area contributed by atoms with Crippen molar-refractivity contribution in [1.29, 1.82) is 0 Å². The van der Waals surface area contributed by atoms with Crippen LogP contribution in [-0.2, 0) is 4.74 Å². The molecule has 0 saturated carbocycles. The standard InChI is InChI=1S/C14H28N2O/c1-3-14-10-13(6-9-17-14)15-11-12-4-7-16(2)8-5-12/h12-15H,3-11H2,1-2H3. The van der Waals surface area contributed by atoms with Crippen LogP contribution in [0.1, 0.15) is 39.0 Å². The molecule has 0 amide bonds. The lowest BCUT2D eigenvalue weighted by molar-refractivity contribution is -0.000993. The topological polar surface area (TPSA) is 24.5 Å². The van der Waals surface area contributed by atoms with Gasteiger partial charge in [0.15, 0.2) is 0 Å². The molecular weight excluding hydrogens is 212 g/mol. The minimum absolute atomic E-state index is 0.499. The third-order valence-corrected chi connectivity index (χ3v) is 4.36. The van der Waals surface area contributed by atoms with Crippen molar-refractivity contribution in [2.45, 2.75) is 51.2 Å². The second-order valence-electron chi connectivity index (χ2n) is 5.78. The molecule has 2 aliphatic heterocycles. The maximum absolute atomic E-state index is 5.72. The molecule has 0 spiro atoms. The molecule has 100 valence electrons. The number of hydrogen-bond donors (Lipinski definition) is 1. The fourth-order valence-electron chi connectivity index (χ4n) is 2.95. The van der Waals surface area contributed by atoms with Gasteiger partial charge in [0.25, 0.3) is 0 Å². The number of nitrogens with zero attached hydrogens (tertiary/aromatic N) is 1. The van der Waals surface area contributed by atoms with Gasteiger partial charge in [-0.15, -0.1) is 0 Å². The van der Waals surface area contributed by atoms with Gasteiger partial charge in [-0.05, 0) is 64.7 Å². The van der Waals surface area contributed by atoms with Gasteiger partial charge in [-0.1, -0.05) is 6.92 Å². The molecule has 17 heavy (non-hydrogen) atoms. The van der Waals surface area contributed by atoms with Gasteiger partial charge in [-0.2, -0.15) is 0 Å². The minimum atomic E-state index is 0.499. The molecule has 0 aromatic heterocycles. The molecule has 0 aromatic carbocycles. The first-order chi connectivity index (χ1) is 8.28. The van der Waals surface area contributed by atoms with E-state index in [1.807, 2.05) is 0 Å². The third-order valence-electron chi connectivity index (χ3n) is 4.36. The zero-order chi connectivity index (χ0) is 12.1. The van der Waals surface area contributed by atoms with Gasteiger partial charge < -0.3 is 15.0 Å². The molecular formula is C14H28N2O. The van der Waals surface area contributed by atoms with E-state index in [0.29, 0.717) is 12.1 Å². The molecule has 2 saturated heterocycles. The quantitative estimate of drug-likeness (QED) is 0.812. The maximum Gasteiger partial charge on any atom is 0.0587 e. The average molecular weight is 240 g/mol. The molecule has 2 fully saturated rings. The highest BCUT2D eigenvalue weighted by Crippen LogP contribution is 2.19. The van der Waals surface area contributed by atoms with E-state index in [0.717, 1.165) is 18.9 Å². The highest BCUT2D eigenvalue weighted by molar-refractivity contribution is 4.79. The fourth-order valence-corrected chi connectivity index (χ4v) is 2.95.